The normalized spacial score (nSPS) is 11.9. The highest BCUT2D eigenvalue weighted by atomic mass is 32.1. The number of carbonyl (C=O) groups excluding carboxylic acids is 1. The molecule has 0 unspecified atom stereocenters. The van der Waals surface area contributed by atoms with Crippen LogP contribution in [0.3, 0.4) is 0 Å². The summed E-state index contributed by atoms with van der Waals surface area (Å²) in [5, 5.41) is 13.4. The van der Waals surface area contributed by atoms with Gasteiger partial charge in [-0.3, -0.25) is 9.59 Å². The van der Waals surface area contributed by atoms with Crippen molar-refractivity contribution in [3.05, 3.63) is 58.0 Å². The van der Waals surface area contributed by atoms with E-state index in [1.807, 2.05) is 5.38 Å². The summed E-state index contributed by atoms with van der Waals surface area (Å²) in [6.45, 7) is 0. The molecule has 2 N–H and O–H groups in total. The van der Waals surface area contributed by atoms with Gasteiger partial charge >= 0.3 is 5.97 Å². The standard InChI is InChI=1S/C15H14FNO3S/c16-11-4-1-3-10(7-11)8-14(18)17-12(9-15(19)20)13-5-2-6-21-13/h1-7,12H,8-9H2,(H,17,18)(H,19,20)/t12-/m1/s1. The lowest BCUT2D eigenvalue weighted by Gasteiger charge is -2.15. The minimum atomic E-state index is -0.987. The maximum absolute atomic E-state index is 13.1. The third-order valence-electron chi connectivity index (χ3n) is 2.85. The summed E-state index contributed by atoms with van der Waals surface area (Å²) in [4.78, 5) is 23.7. The van der Waals surface area contributed by atoms with E-state index in [1.165, 1.54) is 29.5 Å². The summed E-state index contributed by atoms with van der Waals surface area (Å²) in [6, 6.07) is 8.79. The highest BCUT2D eigenvalue weighted by Crippen LogP contribution is 2.22. The lowest BCUT2D eigenvalue weighted by molar-refractivity contribution is -0.137. The van der Waals surface area contributed by atoms with Gasteiger partial charge in [-0.1, -0.05) is 18.2 Å². The van der Waals surface area contributed by atoms with Gasteiger partial charge in [0.25, 0.3) is 0 Å². The SMILES string of the molecule is O=C(O)C[C@@H](NC(=O)Cc1cccc(F)c1)c1cccs1. The number of carbonyl (C=O) groups is 2. The van der Waals surface area contributed by atoms with Crippen LogP contribution < -0.4 is 5.32 Å². The van der Waals surface area contributed by atoms with Crippen LogP contribution in [0.5, 0.6) is 0 Å². The molecule has 0 aliphatic heterocycles. The third kappa shape index (κ3) is 4.68. The van der Waals surface area contributed by atoms with Gasteiger partial charge in [0.05, 0.1) is 18.9 Å². The number of aliphatic carboxylic acids is 1. The molecule has 1 heterocycles. The van der Waals surface area contributed by atoms with E-state index in [0.717, 1.165) is 4.88 Å². The van der Waals surface area contributed by atoms with E-state index >= 15 is 0 Å². The maximum atomic E-state index is 13.1. The van der Waals surface area contributed by atoms with E-state index in [9.17, 15) is 14.0 Å². The largest absolute Gasteiger partial charge is 0.481 e. The third-order valence-corrected chi connectivity index (χ3v) is 3.84. The van der Waals surface area contributed by atoms with Crippen molar-refractivity contribution in [2.45, 2.75) is 18.9 Å². The second-order valence-electron chi connectivity index (χ2n) is 4.54. The lowest BCUT2D eigenvalue weighted by Crippen LogP contribution is -2.30. The molecule has 1 amide bonds. The molecular formula is C15H14FNO3S. The molecule has 1 atom stereocenters. The maximum Gasteiger partial charge on any atom is 0.305 e. The van der Waals surface area contributed by atoms with Crippen molar-refractivity contribution in [1.29, 1.82) is 0 Å². The van der Waals surface area contributed by atoms with E-state index in [-0.39, 0.29) is 18.7 Å². The number of halogens is 1. The molecule has 0 spiro atoms. The molecule has 21 heavy (non-hydrogen) atoms. The van der Waals surface area contributed by atoms with Crippen LogP contribution in [-0.4, -0.2) is 17.0 Å². The van der Waals surface area contributed by atoms with Crippen molar-refractivity contribution in [3.63, 3.8) is 0 Å². The molecule has 0 fully saturated rings. The fourth-order valence-corrected chi connectivity index (χ4v) is 2.74. The predicted molar refractivity (Wildman–Crippen MR) is 77.6 cm³/mol. The number of hydrogen-bond acceptors (Lipinski definition) is 3. The Morgan fingerprint density at radius 2 is 2.10 bits per heavy atom. The van der Waals surface area contributed by atoms with Gasteiger partial charge < -0.3 is 10.4 Å². The zero-order valence-corrected chi connectivity index (χ0v) is 11.9. The molecule has 1 aromatic carbocycles. The van der Waals surface area contributed by atoms with Crippen LogP contribution in [-0.2, 0) is 16.0 Å². The van der Waals surface area contributed by atoms with Gasteiger partial charge in [-0.2, -0.15) is 0 Å². The average molecular weight is 307 g/mol. The van der Waals surface area contributed by atoms with Crippen molar-refractivity contribution in [2.75, 3.05) is 0 Å². The summed E-state index contributed by atoms with van der Waals surface area (Å²) in [7, 11) is 0. The lowest BCUT2D eigenvalue weighted by atomic mass is 10.1. The average Bonchev–Trinajstić information content (AvgIpc) is 2.91. The Bertz CT molecular complexity index is 628. The molecular weight excluding hydrogens is 293 g/mol. The Morgan fingerprint density at radius 3 is 2.71 bits per heavy atom. The topological polar surface area (TPSA) is 66.4 Å². The van der Waals surface area contributed by atoms with Gasteiger partial charge in [-0.25, -0.2) is 4.39 Å². The molecule has 0 saturated heterocycles. The van der Waals surface area contributed by atoms with Gasteiger partial charge in [0.1, 0.15) is 5.82 Å². The van der Waals surface area contributed by atoms with Crippen LogP contribution in [0, 0.1) is 5.82 Å². The molecule has 2 rings (SSSR count). The smallest absolute Gasteiger partial charge is 0.305 e. The second-order valence-corrected chi connectivity index (χ2v) is 5.52. The molecule has 110 valence electrons. The number of amides is 1. The molecule has 6 heteroatoms. The van der Waals surface area contributed by atoms with Crippen molar-refractivity contribution in [1.82, 2.24) is 5.32 Å². The van der Waals surface area contributed by atoms with Crippen molar-refractivity contribution < 1.29 is 19.1 Å². The van der Waals surface area contributed by atoms with E-state index in [0.29, 0.717) is 5.56 Å². The number of carboxylic acid groups (broad SMARTS) is 1. The number of carboxylic acids is 1. The zero-order chi connectivity index (χ0) is 15.2. The van der Waals surface area contributed by atoms with Crippen molar-refractivity contribution in [2.24, 2.45) is 0 Å². The van der Waals surface area contributed by atoms with Crippen LogP contribution in [0.15, 0.2) is 41.8 Å². The number of thiophene rings is 1. The quantitative estimate of drug-likeness (QED) is 0.862. The van der Waals surface area contributed by atoms with Crippen LogP contribution in [0.2, 0.25) is 0 Å². The van der Waals surface area contributed by atoms with Gasteiger partial charge in [0, 0.05) is 4.88 Å². The Kier molecular flexibility index (Phi) is 5.05. The number of benzene rings is 1. The first kappa shape index (κ1) is 15.2. The van der Waals surface area contributed by atoms with Gasteiger partial charge in [-0.05, 0) is 29.1 Å². The Balaban J connectivity index is 2.02. The summed E-state index contributed by atoms with van der Waals surface area (Å²) in [5.74, 6) is -1.72. The fourth-order valence-electron chi connectivity index (χ4n) is 1.96. The minimum absolute atomic E-state index is 0.0131. The molecule has 1 aromatic heterocycles. The number of hydrogen-bond donors (Lipinski definition) is 2. The second kappa shape index (κ2) is 6.99. The predicted octanol–water partition coefficient (Wildman–Crippen LogP) is 2.76. The summed E-state index contributed by atoms with van der Waals surface area (Å²) in [6.07, 6.45) is -0.172. The Hall–Kier alpha value is -2.21. The van der Waals surface area contributed by atoms with Crippen LogP contribution in [0.1, 0.15) is 22.9 Å². The molecule has 0 aliphatic rings. The van der Waals surface area contributed by atoms with Crippen molar-refractivity contribution in [3.8, 4) is 0 Å². The van der Waals surface area contributed by atoms with Crippen LogP contribution >= 0.6 is 11.3 Å². The van der Waals surface area contributed by atoms with Gasteiger partial charge in [-0.15, -0.1) is 11.3 Å². The molecule has 0 aliphatic carbocycles. The van der Waals surface area contributed by atoms with Gasteiger partial charge in [0.15, 0.2) is 0 Å². The first-order valence-electron chi connectivity index (χ1n) is 6.33. The summed E-state index contributed by atoms with van der Waals surface area (Å²) in [5.41, 5.74) is 0.549. The van der Waals surface area contributed by atoms with Crippen molar-refractivity contribution >= 4 is 23.2 Å². The van der Waals surface area contributed by atoms with Gasteiger partial charge in [0.2, 0.25) is 5.91 Å². The highest BCUT2D eigenvalue weighted by Gasteiger charge is 2.19. The molecule has 0 saturated carbocycles. The van der Waals surface area contributed by atoms with E-state index in [4.69, 9.17) is 5.11 Å². The fraction of sp³-hybridized carbons (Fsp3) is 0.200. The van der Waals surface area contributed by atoms with E-state index < -0.39 is 17.8 Å². The Morgan fingerprint density at radius 1 is 1.29 bits per heavy atom. The molecule has 0 radical (unpaired) electrons. The monoisotopic (exact) mass is 307 g/mol. The summed E-state index contributed by atoms with van der Waals surface area (Å²) >= 11 is 1.39. The minimum Gasteiger partial charge on any atom is -0.481 e. The first-order valence-corrected chi connectivity index (χ1v) is 7.21. The molecule has 0 bridgehead atoms. The zero-order valence-electron chi connectivity index (χ0n) is 11.1. The number of rotatable bonds is 6. The molecule has 2 aromatic rings. The number of nitrogens with one attached hydrogen (secondary N) is 1. The van der Waals surface area contributed by atoms with Crippen LogP contribution in [0.4, 0.5) is 4.39 Å². The summed E-state index contributed by atoms with van der Waals surface area (Å²) < 4.78 is 13.1. The Labute approximate surface area is 125 Å². The highest BCUT2D eigenvalue weighted by molar-refractivity contribution is 7.10. The first-order chi connectivity index (χ1) is 10.0. The van der Waals surface area contributed by atoms with Crippen LogP contribution in [0.25, 0.3) is 0 Å². The van der Waals surface area contributed by atoms with E-state index in [1.54, 1.807) is 18.2 Å². The van der Waals surface area contributed by atoms with E-state index in [2.05, 4.69) is 5.32 Å². The molecule has 4 nitrogen and oxygen atoms in total.